The van der Waals surface area contributed by atoms with Crippen molar-refractivity contribution in [1.82, 2.24) is 20.2 Å². The number of hydrogen-bond donors (Lipinski definition) is 3. The monoisotopic (exact) mass is 372 g/mol. The van der Waals surface area contributed by atoms with Gasteiger partial charge in [0, 0.05) is 43.4 Å². The fourth-order valence-corrected chi connectivity index (χ4v) is 3.01. The third-order valence-corrected chi connectivity index (χ3v) is 4.60. The lowest BCUT2D eigenvalue weighted by Crippen LogP contribution is -2.53. The predicted molar refractivity (Wildman–Crippen MR) is 105 cm³/mol. The van der Waals surface area contributed by atoms with Gasteiger partial charge in [-0.1, -0.05) is 27.7 Å². The number of hydrazine groups is 1. The number of hydrogen-bond acceptors (Lipinski definition) is 7. The van der Waals surface area contributed by atoms with Crippen LogP contribution in [0.1, 0.15) is 50.3 Å². The van der Waals surface area contributed by atoms with Crippen LogP contribution in [0, 0.1) is 0 Å². The van der Waals surface area contributed by atoms with Crippen molar-refractivity contribution in [1.29, 1.82) is 0 Å². The highest BCUT2D eigenvalue weighted by Crippen LogP contribution is 2.24. The van der Waals surface area contributed by atoms with Gasteiger partial charge in [-0.15, -0.1) is 0 Å². The molecule has 0 spiro atoms. The SMILES string of the molecule is CCC1CNCCN1C(=O)c1cnc(C(C)(C)C)nc1NNc1ccco1. The van der Waals surface area contributed by atoms with Gasteiger partial charge in [0.1, 0.15) is 11.4 Å². The quantitative estimate of drug-likeness (QED) is 0.695. The summed E-state index contributed by atoms with van der Waals surface area (Å²) in [5.41, 5.74) is 6.19. The van der Waals surface area contributed by atoms with Gasteiger partial charge < -0.3 is 14.6 Å². The summed E-state index contributed by atoms with van der Waals surface area (Å²) in [6.07, 6.45) is 4.09. The van der Waals surface area contributed by atoms with E-state index < -0.39 is 0 Å². The van der Waals surface area contributed by atoms with E-state index in [1.807, 2.05) is 25.7 Å². The van der Waals surface area contributed by atoms with Crippen molar-refractivity contribution in [3.8, 4) is 0 Å². The summed E-state index contributed by atoms with van der Waals surface area (Å²) < 4.78 is 5.28. The van der Waals surface area contributed by atoms with E-state index in [2.05, 4.69) is 33.1 Å². The fourth-order valence-electron chi connectivity index (χ4n) is 3.01. The Labute approximate surface area is 159 Å². The Morgan fingerprint density at radius 2 is 2.22 bits per heavy atom. The molecular weight excluding hydrogens is 344 g/mol. The first-order valence-electron chi connectivity index (χ1n) is 9.35. The summed E-state index contributed by atoms with van der Waals surface area (Å²) in [6, 6.07) is 3.73. The normalized spacial score (nSPS) is 17.6. The number of carbonyl (C=O) groups excluding carboxylic acids is 1. The summed E-state index contributed by atoms with van der Waals surface area (Å²) in [7, 11) is 0. The largest absolute Gasteiger partial charge is 0.447 e. The van der Waals surface area contributed by atoms with Gasteiger partial charge in [0.05, 0.1) is 6.26 Å². The first-order valence-corrected chi connectivity index (χ1v) is 9.35. The van der Waals surface area contributed by atoms with Gasteiger partial charge in [0.15, 0.2) is 5.82 Å². The highest BCUT2D eigenvalue weighted by Gasteiger charge is 2.29. The molecule has 0 aliphatic carbocycles. The van der Waals surface area contributed by atoms with Crippen LogP contribution in [-0.2, 0) is 5.41 Å². The van der Waals surface area contributed by atoms with Crippen LogP contribution in [0.4, 0.5) is 11.7 Å². The van der Waals surface area contributed by atoms with Gasteiger partial charge in [0.25, 0.3) is 5.91 Å². The van der Waals surface area contributed by atoms with Crippen LogP contribution >= 0.6 is 0 Å². The zero-order valence-electron chi connectivity index (χ0n) is 16.4. The molecule has 1 saturated heterocycles. The summed E-state index contributed by atoms with van der Waals surface area (Å²) in [5.74, 6) is 1.59. The molecule has 1 atom stereocenters. The molecule has 0 saturated carbocycles. The molecule has 2 aromatic heterocycles. The van der Waals surface area contributed by atoms with Crippen LogP contribution in [-0.4, -0.2) is 46.5 Å². The Morgan fingerprint density at radius 3 is 2.89 bits per heavy atom. The van der Waals surface area contributed by atoms with Crippen LogP contribution in [0.25, 0.3) is 0 Å². The van der Waals surface area contributed by atoms with Crippen LogP contribution in [0.5, 0.6) is 0 Å². The lowest BCUT2D eigenvalue weighted by Gasteiger charge is -2.36. The van der Waals surface area contributed by atoms with Crippen LogP contribution in [0.15, 0.2) is 29.0 Å². The molecule has 27 heavy (non-hydrogen) atoms. The molecule has 2 aromatic rings. The molecule has 3 rings (SSSR count). The van der Waals surface area contributed by atoms with E-state index in [9.17, 15) is 4.79 Å². The molecule has 3 heterocycles. The number of rotatable bonds is 5. The van der Waals surface area contributed by atoms with Gasteiger partial charge in [-0.25, -0.2) is 9.97 Å². The summed E-state index contributed by atoms with van der Waals surface area (Å²) in [5, 5.41) is 3.34. The Bertz CT molecular complexity index is 769. The van der Waals surface area contributed by atoms with Gasteiger partial charge in [-0.05, 0) is 12.5 Å². The molecular formula is C19H28N6O2. The number of nitrogens with one attached hydrogen (secondary N) is 3. The molecule has 0 aromatic carbocycles. The standard InChI is InChI=1S/C19H28N6O2/c1-5-13-11-20-8-9-25(13)17(26)14-12-21-18(19(2,3)4)22-16(14)24-23-15-7-6-10-27-15/h6-7,10,12-13,20,23H,5,8-9,11H2,1-4H3,(H,21,22,24). The van der Waals surface area contributed by atoms with E-state index in [0.29, 0.717) is 29.6 Å². The summed E-state index contributed by atoms with van der Waals surface area (Å²) in [6.45, 7) is 10.5. The average molecular weight is 372 g/mol. The Hall–Kier alpha value is -2.61. The van der Waals surface area contributed by atoms with Crippen LogP contribution in [0.2, 0.25) is 0 Å². The molecule has 8 nitrogen and oxygen atoms in total. The number of furan rings is 1. The van der Waals surface area contributed by atoms with Crippen molar-refractivity contribution in [2.45, 2.75) is 45.6 Å². The second kappa shape index (κ2) is 7.96. The second-order valence-corrected chi connectivity index (χ2v) is 7.70. The highest BCUT2D eigenvalue weighted by molar-refractivity contribution is 5.98. The Kier molecular flexibility index (Phi) is 5.65. The van der Waals surface area contributed by atoms with Gasteiger partial charge in [-0.2, -0.15) is 0 Å². The zero-order chi connectivity index (χ0) is 19.4. The number of anilines is 2. The number of piperazine rings is 1. The number of nitrogens with zero attached hydrogens (tertiary/aromatic N) is 3. The van der Waals surface area contributed by atoms with Gasteiger partial charge in [-0.3, -0.25) is 15.6 Å². The molecule has 1 unspecified atom stereocenters. The molecule has 146 valence electrons. The molecule has 0 radical (unpaired) electrons. The van der Waals surface area contributed by atoms with E-state index in [4.69, 9.17) is 4.42 Å². The first-order chi connectivity index (χ1) is 12.9. The predicted octanol–water partition coefficient (Wildman–Crippen LogP) is 2.63. The third-order valence-electron chi connectivity index (χ3n) is 4.60. The molecule has 1 amide bonds. The van der Waals surface area contributed by atoms with E-state index in [-0.39, 0.29) is 17.4 Å². The first kappa shape index (κ1) is 19.2. The minimum Gasteiger partial charge on any atom is -0.447 e. The lowest BCUT2D eigenvalue weighted by molar-refractivity contribution is 0.0631. The van der Waals surface area contributed by atoms with E-state index >= 15 is 0 Å². The van der Waals surface area contributed by atoms with Crippen molar-refractivity contribution in [2.24, 2.45) is 0 Å². The molecule has 1 aliphatic rings. The average Bonchev–Trinajstić information content (AvgIpc) is 3.18. The molecule has 1 fully saturated rings. The van der Waals surface area contributed by atoms with Gasteiger partial charge >= 0.3 is 0 Å². The van der Waals surface area contributed by atoms with Gasteiger partial charge in [0.2, 0.25) is 5.88 Å². The second-order valence-electron chi connectivity index (χ2n) is 7.70. The molecule has 1 aliphatic heterocycles. The fraction of sp³-hybridized carbons (Fsp3) is 0.526. The molecule has 8 heteroatoms. The minimum absolute atomic E-state index is 0.0624. The lowest BCUT2D eigenvalue weighted by atomic mass is 9.95. The smallest absolute Gasteiger partial charge is 0.259 e. The maximum Gasteiger partial charge on any atom is 0.259 e. The van der Waals surface area contributed by atoms with Crippen LogP contribution in [0.3, 0.4) is 0 Å². The van der Waals surface area contributed by atoms with E-state index in [0.717, 1.165) is 19.5 Å². The van der Waals surface area contributed by atoms with Crippen molar-refractivity contribution in [3.63, 3.8) is 0 Å². The number of aromatic nitrogens is 2. The highest BCUT2D eigenvalue weighted by atomic mass is 16.3. The van der Waals surface area contributed by atoms with E-state index in [1.165, 1.54) is 0 Å². The zero-order valence-corrected chi connectivity index (χ0v) is 16.4. The summed E-state index contributed by atoms with van der Waals surface area (Å²) in [4.78, 5) is 24.2. The topological polar surface area (TPSA) is 95.3 Å². The number of amides is 1. The maximum atomic E-state index is 13.2. The van der Waals surface area contributed by atoms with Crippen LogP contribution < -0.4 is 16.2 Å². The molecule has 0 bridgehead atoms. The summed E-state index contributed by atoms with van der Waals surface area (Å²) >= 11 is 0. The third kappa shape index (κ3) is 4.39. The Balaban J connectivity index is 1.91. The minimum atomic E-state index is -0.232. The van der Waals surface area contributed by atoms with Crippen molar-refractivity contribution in [3.05, 3.63) is 36.0 Å². The van der Waals surface area contributed by atoms with E-state index in [1.54, 1.807) is 24.6 Å². The maximum absolute atomic E-state index is 13.2. The Morgan fingerprint density at radius 1 is 1.41 bits per heavy atom. The van der Waals surface area contributed by atoms with Crippen molar-refractivity contribution >= 4 is 17.6 Å². The molecule has 3 N–H and O–H groups in total. The van der Waals surface area contributed by atoms with Crippen molar-refractivity contribution in [2.75, 3.05) is 30.5 Å². The van der Waals surface area contributed by atoms with Crippen molar-refractivity contribution < 1.29 is 9.21 Å². The number of carbonyl (C=O) groups is 1.